The van der Waals surface area contributed by atoms with Crippen LogP contribution < -0.4 is 10.6 Å². The molecule has 2 fully saturated rings. The largest absolute Gasteiger partial charge is 0.433 e. The Hall–Kier alpha value is -3.50. The molecular weight excluding hydrogens is 401 g/mol. The Labute approximate surface area is 167 Å². The summed E-state index contributed by atoms with van der Waals surface area (Å²) in [6.07, 6.45) is 0.780. The number of imide groups is 1. The predicted octanol–water partition coefficient (Wildman–Crippen LogP) is 2.34. The fourth-order valence-electron chi connectivity index (χ4n) is 3.87. The van der Waals surface area contributed by atoms with E-state index in [1.54, 1.807) is 23.0 Å². The van der Waals surface area contributed by atoms with E-state index < -0.39 is 29.7 Å². The van der Waals surface area contributed by atoms with Crippen LogP contribution in [0.25, 0.3) is 5.65 Å². The van der Waals surface area contributed by atoms with Gasteiger partial charge >= 0.3 is 12.2 Å². The number of carbonyl (C=O) groups is 2. The smallest absolute Gasteiger partial charge is 0.337 e. The number of amides is 3. The summed E-state index contributed by atoms with van der Waals surface area (Å²) < 4.78 is 39.8. The Morgan fingerprint density at radius 2 is 1.97 bits per heavy atom. The molecule has 3 aromatic heterocycles. The van der Waals surface area contributed by atoms with E-state index in [4.69, 9.17) is 0 Å². The molecule has 0 bridgehead atoms. The van der Waals surface area contributed by atoms with Gasteiger partial charge in [-0.05, 0) is 36.0 Å². The van der Waals surface area contributed by atoms with E-state index in [9.17, 15) is 22.8 Å². The zero-order valence-electron chi connectivity index (χ0n) is 15.3. The van der Waals surface area contributed by atoms with E-state index in [0.29, 0.717) is 11.3 Å². The van der Waals surface area contributed by atoms with Crippen LogP contribution in [0.4, 0.5) is 18.0 Å². The molecule has 3 aromatic rings. The Bertz CT molecular complexity index is 1160. The zero-order chi connectivity index (χ0) is 21.0. The zero-order valence-corrected chi connectivity index (χ0v) is 15.3. The van der Waals surface area contributed by atoms with Gasteiger partial charge in [0.05, 0.1) is 11.6 Å². The lowest BCUT2D eigenvalue weighted by Crippen LogP contribution is -2.51. The molecule has 1 aliphatic heterocycles. The average Bonchev–Trinajstić information content (AvgIpc) is 3.35. The van der Waals surface area contributed by atoms with Crippen LogP contribution in [0.5, 0.6) is 0 Å². The third-order valence-electron chi connectivity index (χ3n) is 5.48. The lowest BCUT2D eigenvalue weighted by atomic mass is 9.99. The molecule has 4 heterocycles. The van der Waals surface area contributed by atoms with E-state index >= 15 is 0 Å². The summed E-state index contributed by atoms with van der Waals surface area (Å²) in [7, 11) is 0. The number of nitrogens with zero attached hydrogens (tertiary/aromatic N) is 4. The molecule has 1 saturated heterocycles. The molecule has 8 nitrogen and oxygen atoms in total. The molecule has 30 heavy (non-hydrogen) atoms. The van der Waals surface area contributed by atoms with Crippen LogP contribution >= 0.6 is 0 Å². The van der Waals surface area contributed by atoms with Crippen LogP contribution in [-0.4, -0.2) is 38.1 Å². The SMILES string of the molecule is O=C1NCC(c2cc([C@H]3C[C@@H]3c3ccc(C(F)(F)F)nc3)c3nccn3n2)C(=O)N1. The molecule has 1 saturated carbocycles. The molecular formula is C19H15F3N6O2. The number of hydrogen-bond donors (Lipinski definition) is 2. The number of carbonyl (C=O) groups excluding carboxylic acids is 2. The second kappa shape index (κ2) is 6.51. The molecule has 2 N–H and O–H groups in total. The average molecular weight is 416 g/mol. The maximum absolute atomic E-state index is 12.8. The monoisotopic (exact) mass is 416 g/mol. The molecule has 11 heteroatoms. The lowest BCUT2D eigenvalue weighted by molar-refractivity contribution is -0.141. The number of nitrogens with one attached hydrogen (secondary N) is 2. The summed E-state index contributed by atoms with van der Waals surface area (Å²) >= 11 is 0. The van der Waals surface area contributed by atoms with Gasteiger partial charge in [-0.2, -0.15) is 18.3 Å². The Morgan fingerprint density at radius 1 is 1.13 bits per heavy atom. The minimum Gasteiger partial charge on any atom is -0.337 e. The van der Waals surface area contributed by atoms with Gasteiger partial charge in [-0.3, -0.25) is 15.1 Å². The quantitative estimate of drug-likeness (QED) is 0.683. The molecule has 2 aliphatic rings. The minimum absolute atomic E-state index is 0.00965. The summed E-state index contributed by atoms with van der Waals surface area (Å²) in [6.45, 7) is 0.133. The third-order valence-corrected chi connectivity index (χ3v) is 5.48. The van der Waals surface area contributed by atoms with Crippen LogP contribution in [0, 0.1) is 0 Å². The topological polar surface area (TPSA) is 101 Å². The van der Waals surface area contributed by atoms with Crippen molar-refractivity contribution < 1.29 is 22.8 Å². The van der Waals surface area contributed by atoms with Gasteiger partial charge in [-0.1, -0.05) is 6.07 Å². The fraction of sp³-hybridized carbons (Fsp3) is 0.316. The van der Waals surface area contributed by atoms with Crippen LogP contribution in [0.3, 0.4) is 0 Å². The maximum Gasteiger partial charge on any atom is 0.433 e. The van der Waals surface area contributed by atoms with Crippen molar-refractivity contribution in [3.63, 3.8) is 0 Å². The highest BCUT2D eigenvalue weighted by Crippen LogP contribution is 2.55. The van der Waals surface area contributed by atoms with Gasteiger partial charge < -0.3 is 5.32 Å². The van der Waals surface area contributed by atoms with E-state index in [2.05, 4.69) is 25.7 Å². The van der Waals surface area contributed by atoms with Crippen molar-refractivity contribution in [1.29, 1.82) is 0 Å². The summed E-state index contributed by atoms with van der Waals surface area (Å²) in [6, 6.07) is 3.70. The number of alkyl halides is 3. The summed E-state index contributed by atoms with van der Waals surface area (Å²) in [4.78, 5) is 31.5. The van der Waals surface area contributed by atoms with E-state index in [1.807, 2.05) is 0 Å². The number of imidazole rings is 1. The van der Waals surface area contributed by atoms with E-state index in [0.717, 1.165) is 23.6 Å². The number of pyridine rings is 1. The minimum atomic E-state index is -4.47. The van der Waals surface area contributed by atoms with Crippen LogP contribution in [-0.2, 0) is 11.0 Å². The summed E-state index contributed by atoms with van der Waals surface area (Å²) in [5.74, 6) is -1.04. The van der Waals surface area contributed by atoms with Crippen molar-refractivity contribution in [2.24, 2.45) is 0 Å². The van der Waals surface area contributed by atoms with Gasteiger partial charge in [0, 0.05) is 30.7 Å². The van der Waals surface area contributed by atoms with Crippen LogP contribution in [0.15, 0.2) is 36.8 Å². The van der Waals surface area contributed by atoms with Crippen molar-refractivity contribution in [2.75, 3.05) is 6.54 Å². The van der Waals surface area contributed by atoms with Gasteiger partial charge in [-0.25, -0.2) is 14.3 Å². The third kappa shape index (κ3) is 3.15. The van der Waals surface area contributed by atoms with Gasteiger partial charge in [0.15, 0.2) is 5.65 Å². The molecule has 1 aliphatic carbocycles. The maximum atomic E-state index is 12.8. The number of urea groups is 1. The standard InChI is InChI=1S/C19H15F3N6O2/c20-19(21,22)15-2-1-9(7-24-15)10-5-11(10)12-6-14(27-28-4-3-23-16(12)28)13-8-25-18(30)26-17(13)29/h1-4,6-7,10-11,13H,5,8H2,(H2,25,26,29,30)/t10-,11+,13?/m1/s1. The van der Waals surface area contributed by atoms with E-state index in [1.165, 1.54) is 12.3 Å². The van der Waals surface area contributed by atoms with Crippen molar-refractivity contribution in [3.8, 4) is 0 Å². The van der Waals surface area contributed by atoms with Crippen molar-refractivity contribution in [3.05, 3.63) is 59.3 Å². The molecule has 0 radical (unpaired) electrons. The summed E-state index contributed by atoms with van der Waals surface area (Å²) in [5.41, 5.74) is 1.78. The van der Waals surface area contributed by atoms with E-state index in [-0.39, 0.29) is 18.4 Å². The molecule has 3 amide bonds. The van der Waals surface area contributed by atoms with Gasteiger partial charge in [0.1, 0.15) is 5.69 Å². The lowest BCUT2D eigenvalue weighted by Gasteiger charge is -2.22. The normalized spacial score (nSPS) is 23.9. The first-order valence-electron chi connectivity index (χ1n) is 9.27. The predicted molar refractivity (Wildman–Crippen MR) is 96.6 cm³/mol. The van der Waals surface area contributed by atoms with Gasteiger partial charge in [0.25, 0.3) is 0 Å². The molecule has 3 atom stereocenters. The molecule has 154 valence electrons. The second-order valence-electron chi connectivity index (χ2n) is 7.40. The molecule has 0 spiro atoms. The van der Waals surface area contributed by atoms with Gasteiger partial charge in [0.2, 0.25) is 5.91 Å². The van der Waals surface area contributed by atoms with Crippen molar-refractivity contribution in [2.45, 2.75) is 30.4 Å². The Kier molecular flexibility index (Phi) is 4.02. The molecule has 1 unspecified atom stereocenters. The first-order valence-corrected chi connectivity index (χ1v) is 9.27. The summed E-state index contributed by atoms with van der Waals surface area (Å²) in [5, 5.41) is 9.26. The highest BCUT2D eigenvalue weighted by Gasteiger charge is 2.43. The first-order chi connectivity index (χ1) is 14.3. The van der Waals surface area contributed by atoms with Crippen molar-refractivity contribution >= 4 is 17.6 Å². The highest BCUT2D eigenvalue weighted by molar-refractivity contribution is 6.00. The number of aromatic nitrogens is 4. The van der Waals surface area contributed by atoms with Crippen LogP contribution in [0.2, 0.25) is 0 Å². The molecule has 5 rings (SSSR count). The number of halogens is 3. The highest BCUT2D eigenvalue weighted by atomic mass is 19.4. The second-order valence-corrected chi connectivity index (χ2v) is 7.40. The molecule has 0 aromatic carbocycles. The Morgan fingerprint density at radius 3 is 2.67 bits per heavy atom. The number of hydrogen-bond acceptors (Lipinski definition) is 5. The fourth-order valence-corrected chi connectivity index (χ4v) is 3.87. The first kappa shape index (κ1) is 18.5. The van der Waals surface area contributed by atoms with Gasteiger partial charge in [-0.15, -0.1) is 0 Å². The van der Waals surface area contributed by atoms with Crippen LogP contribution in [0.1, 0.15) is 46.7 Å². The number of rotatable bonds is 3. The Balaban J connectivity index is 1.46. The van der Waals surface area contributed by atoms with Crippen molar-refractivity contribution in [1.82, 2.24) is 30.2 Å². The number of fused-ring (bicyclic) bond motifs is 1.